The second-order valence-electron chi connectivity index (χ2n) is 5.45. The minimum atomic E-state index is -3.09. The SMILES string of the molecule is COc1cc(C)ccc1CNC1CC(NS(C)(=O)=O)C1. The zero-order valence-electron chi connectivity index (χ0n) is 12.1. The van der Waals surface area contributed by atoms with Crippen LogP contribution in [0.2, 0.25) is 0 Å². The lowest BCUT2D eigenvalue weighted by molar-refractivity contribution is 0.272. The van der Waals surface area contributed by atoms with E-state index in [1.165, 1.54) is 11.8 Å². The molecule has 1 saturated carbocycles. The molecule has 0 amide bonds. The third kappa shape index (κ3) is 4.19. The summed E-state index contributed by atoms with van der Waals surface area (Å²) in [6, 6.07) is 6.58. The summed E-state index contributed by atoms with van der Waals surface area (Å²) in [6.45, 7) is 2.77. The zero-order valence-corrected chi connectivity index (χ0v) is 13.0. The Hall–Kier alpha value is -1.11. The Bertz CT molecular complexity index is 566. The molecule has 0 bridgehead atoms. The third-order valence-electron chi connectivity index (χ3n) is 3.54. The van der Waals surface area contributed by atoms with Gasteiger partial charge in [0.1, 0.15) is 5.75 Å². The van der Waals surface area contributed by atoms with Crippen LogP contribution < -0.4 is 14.8 Å². The van der Waals surface area contributed by atoms with Crippen LogP contribution in [0.15, 0.2) is 18.2 Å². The Morgan fingerprint density at radius 2 is 2.00 bits per heavy atom. The van der Waals surface area contributed by atoms with Gasteiger partial charge in [-0.2, -0.15) is 0 Å². The average Bonchev–Trinajstić information content (AvgIpc) is 2.31. The average molecular weight is 298 g/mol. The Balaban J connectivity index is 1.80. The minimum absolute atomic E-state index is 0.0717. The van der Waals surface area contributed by atoms with Gasteiger partial charge in [0.2, 0.25) is 10.0 Å². The number of nitrogens with one attached hydrogen (secondary N) is 2. The maximum Gasteiger partial charge on any atom is 0.208 e. The number of methoxy groups -OCH3 is 1. The van der Waals surface area contributed by atoms with E-state index in [0.717, 1.165) is 30.7 Å². The highest BCUT2D eigenvalue weighted by Gasteiger charge is 2.30. The fraction of sp³-hybridized carbons (Fsp3) is 0.571. The molecule has 0 aromatic heterocycles. The van der Waals surface area contributed by atoms with E-state index >= 15 is 0 Å². The summed E-state index contributed by atoms with van der Waals surface area (Å²) in [7, 11) is -1.41. The van der Waals surface area contributed by atoms with Crippen molar-refractivity contribution in [1.29, 1.82) is 0 Å². The van der Waals surface area contributed by atoms with E-state index in [2.05, 4.69) is 22.2 Å². The van der Waals surface area contributed by atoms with Crippen molar-refractivity contribution in [2.75, 3.05) is 13.4 Å². The molecule has 5 nitrogen and oxygen atoms in total. The predicted molar refractivity (Wildman–Crippen MR) is 79.4 cm³/mol. The molecule has 0 saturated heterocycles. The number of rotatable bonds is 6. The molecule has 0 aliphatic heterocycles. The standard InChI is InChI=1S/C14H22N2O3S/c1-10-4-5-11(14(6-10)19-2)9-15-12-7-13(8-12)16-20(3,17)18/h4-6,12-13,15-16H,7-9H2,1-3H3. The van der Waals surface area contributed by atoms with Crippen molar-refractivity contribution >= 4 is 10.0 Å². The number of hydrogen-bond acceptors (Lipinski definition) is 4. The molecule has 1 fully saturated rings. The fourth-order valence-corrected chi connectivity index (χ4v) is 3.23. The molecule has 1 aliphatic carbocycles. The van der Waals surface area contributed by atoms with Crippen molar-refractivity contribution < 1.29 is 13.2 Å². The van der Waals surface area contributed by atoms with Gasteiger partial charge in [-0.15, -0.1) is 0 Å². The van der Waals surface area contributed by atoms with Gasteiger partial charge in [-0.3, -0.25) is 0 Å². The van der Waals surface area contributed by atoms with Gasteiger partial charge in [-0.1, -0.05) is 12.1 Å². The molecule has 2 N–H and O–H groups in total. The van der Waals surface area contributed by atoms with Gasteiger partial charge >= 0.3 is 0 Å². The second-order valence-corrected chi connectivity index (χ2v) is 7.23. The van der Waals surface area contributed by atoms with Crippen LogP contribution in [0.1, 0.15) is 24.0 Å². The van der Waals surface area contributed by atoms with E-state index in [4.69, 9.17) is 4.74 Å². The lowest BCUT2D eigenvalue weighted by atomic mass is 9.87. The van der Waals surface area contributed by atoms with E-state index in [1.807, 2.05) is 13.0 Å². The van der Waals surface area contributed by atoms with Gasteiger partial charge in [-0.25, -0.2) is 13.1 Å². The number of aryl methyl sites for hydroxylation is 1. The molecule has 0 spiro atoms. The van der Waals surface area contributed by atoms with E-state index in [1.54, 1.807) is 7.11 Å². The van der Waals surface area contributed by atoms with E-state index < -0.39 is 10.0 Å². The third-order valence-corrected chi connectivity index (χ3v) is 4.30. The first-order valence-corrected chi connectivity index (χ1v) is 8.60. The molecule has 112 valence electrons. The summed E-state index contributed by atoms with van der Waals surface area (Å²) in [5, 5.41) is 3.43. The van der Waals surface area contributed by atoms with Gasteiger partial charge in [0, 0.05) is 24.2 Å². The minimum Gasteiger partial charge on any atom is -0.496 e. The number of sulfonamides is 1. The molecular weight excluding hydrogens is 276 g/mol. The first-order chi connectivity index (χ1) is 9.37. The number of benzene rings is 1. The molecule has 0 atom stereocenters. The summed E-state index contributed by atoms with van der Waals surface area (Å²) >= 11 is 0. The molecule has 0 unspecified atom stereocenters. The summed E-state index contributed by atoms with van der Waals surface area (Å²) < 4.78 is 30.2. The highest BCUT2D eigenvalue weighted by Crippen LogP contribution is 2.23. The molecule has 1 aliphatic rings. The van der Waals surface area contributed by atoms with Gasteiger partial charge in [0.15, 0.2) is 0 Å². The first kappa shape index (κ1) is 15.3. The first-order valence-electron chi connectivity index (χ1n) is 6.71. The predicted octanol–water partition coefficient (Wildman–Crippen LogP) is 1.17. The Labute approximate surface area is 120 Å². The van der Waals surface area contributed by atoms with Crippen LogP contribution in [0.4, 0.5) is 0 Å². The van der Waals surface area contributed by atoms with Crippen LogP contribution in [0.5, 0.6) is 5.75 Å². The summed E-state index contributed by atoms with van der Waals surface area (Å²) in [6.07, 6.45) is 2.87. The quantitative estimate of drug-likeness (QED) is 0.827. The normalized spacial score (nSPS) is 22.4. The Morgan fingerprint density at radius 3 is 2.60 bits per heavy atom. The van der Waals surface area contributed by atoms with Crippen LogP contribution in [-0.4, -0.2) is 33.9 Å². The van der Waals surface area contributed by atoms with Crippen molar-refractivity contribution in [2.24, 2.45) is 0 Å². The van der Waals surface area contributed by atoms with E-state index in [0.29, 0.717) is 6.04 Å². The summed E-state index contributed by atoms with van der Waals surface area (Å²) in [5.74, 6) is 0.891. The zero-order chi connectivity index (χ0) is 14.8. The van der Waals surface area contributed by atoms with Gasteiger partial charge in [-0.05, 0) is 31.4 Å². The second kappa shape index (κ2) is 6.11. The van der Waals surface area contributed by atoms with E-state index in [-0.39, 0.29) is 6.04 Å². The van der Waals surface area contributed by atoms with Crippen LogP contribution in [0, 0.1) is 6.92 Å². The lowest BCUT2D eigenvalue weighted by Crippen LogP contribution is -2.51. The molecule has 1 aromatic rings. The monoisotopic (exact) mass is 298 g/mol. The molecule has 20 heavy (non-hydrogen) atoms. The summed E-state index contributed by atoms with van der Waals surface area (Å²) in [5.41, 5.74) is 2.30. The maximum atomic E-state index is 11.1. The van der Waals surface area contributed by atoms with Crippen molar-refractivity contribution in [3.63, 3.8) is 0 Å². The maximum absolute atomic E-state index is 11.1. The Morgan fingerprint density at radius 1 is 1.30 bits per heavy atom. The van der Waals surface area contributed by atoms with Gasteiger partial charge < -0.3 is 10.1 Å². The topological polar surface area (TPSA) is 67.4 Å². The molecule has 6 heteroatoms. The Kier molecular flexibility index (Phi) is 4.67. The van der Waals surface area contributed by atoms with E-state index in [9.17, 15) is 8.42 Å². The molecular formula is C14H22N2O3S. The molecule has 0 heterocycles. The molecule has 0 radical (unpaired) electrons. The summed E-state index contributed by atoms with van der Waals surface area (Å²) in [4.78, 5) is 0. The van der Waals surface area contributed by atoms with Gasteiger partial charge in [0.25, 0.3) is 0 Å². The van der Waals surface area contributed by atoms with Crippen LogP contribution in [0.25, 0.3) is 0 Å². The van der Waals surface area contributed by atoms with Crippen molar-refractivity contribution in [2.45, 2.75) is 38.4 Å². The van der Waals surface area contributed by atoms with Crippen molar-refractivity contribution in [3.8, 4) is 5.75 Å². The van der Waals surface area contributed by atoms with Crippen LogP contribution in [0.3, 0.4) is 0 Å². The van der Waals surface area contributed by atoms with Crippen molar-refractivity contribution in [3.05, 3.63) is 29.3 Å². The van der Waals surface area contributed by atoms with Crippen LogP contribution in [-0.2, 0) is 16.6 Å². The number of hydrogen-bond donors (Lipinski definition) is 2. The highest BCUT2D eigenvalue weighted by atomic mass is 32.2. The molecule has 1 aromatic carbocycles. The fourth-order valence-electron chi connectivity index (χ4n) is 2.44. The largest absolute Gasteiger partial charge is 0.496 e. The smallest absolute Gasteiger partial charge is 0.208 e. The van der Waals surface area contributed by atoms with Gasteiger partial charge in [0.05, 0.1) is 13.4 Å². The van der Waals surface area contributed by atoms with Crippen molar-refractivity contribution in [1.82, 2.24) is 10.0 Å². The highest BCUT2D eigenvalue weighted by molar-refractivity contribution is 7.88. The molecule has 2 rings (SSSR count). The number of ether oxygens (including phenoxy) is 1. The lowest BCUT2D eigenvalue weighted by Gasteiger charge is -2.36. The van der Waals surface area contributed by atoms with Crippen LogP contribution >= 0.6 is 0 Å².